The molecule has 1 aliphatic heterocycles. The molecule has 1 aromatic heterocycles. The van der Waals surface area contributed by atoms with Crippen LogP contribution in [-0.4, -0.2) is 69.1 Å². The van der Waals surface area contributed by atoms with Gasteiger partial charge in [0.05, 0.1) is 6.10 Å². The van der Waals surface area contributed by atoms with Crippen molar-refractivity contribution in [2.45, 2.75) is 98.0 Å². The van der Waals surface area contributed by atoms with Crippen molar-refractivity contribution in [2.75, 3.05) is 26.2 Å². The Balaban J connectivity index is 1.02. The van der Waals surface area contributed by atoms with Crippen LogP contribution in [0.15, 0.2) is 16.2 Å². The molecule has 1 aromatic rings. The first-order valence-electron chi connectivity index (χ1n) is 15.8. The lowest BCUT2D eigenvalue weighted by Crippen LogP contribution is -2.51. The first-order valence-corrected chi connectivity index (χ1v) is 15.8. The standard InChI is InChI=1S/C32H48N4O4/c1-20(5-10-28(38)35-15-17-36(18-16-35)30(39)29-33-21(2)34-40-29)25-8-9-26-24-7-6-22-19-23(37)11-13-31(22,3)27(24)12-14-32(25,26)4/h6,20,23-27,37H,5,7-19H2,1-4H3/t20?,23-,24-,25+,26-,27-,31-,32+/m0/s1. The van der Waals surface area contributed by atoms with Crippen molar-refractivity contribution in [2.24, 2.45) is 40.4 Å². The Labute approximate surface area is 238 Å². The van der Waals surface area contributed by atoms with Crippen molar-refractivity contribution in [3.8, 4) is 0 Å². The zero-order chi connectivity index (χ0) is 28.2. The van der Waals surface area contributed by atoms with E-state index in [1.807, 2.05) is 4.90 Å². The molecule has 4 aliphatic carbocycles. The Morgan fingerprint density at radius 2 is 1.82 bits per heavy atom. The fraction of sp³-hybridized carbons (Fsp3) is 0.812. The van der Waals surface area contributed by atoms with Crippen LogP contribution in [0, 0.1) is 47.3 Å². The van der Waals surface area contributed by atoms with Gasteiger partial charge in [-0.05, 0) is 105 Å². The van der Waals surface area contributed by atoms with Gasteiger partial charge in [-0.2, -0.15) is 4.98 Å². The Kier molecular flexibility index (Phi) is 7.37. The summed E-state index contributed by atoms with van der Waals surface area (Å²) in [7, 11) is 0. The number of carbonyl (C=O) groups excluding carboxylic acids is 2. The molecule has 0 bridgehead atoms. The van der Waals surface area contributed by atoms with Gasteiger partial charge < -0.3 is 19.4 Å². The molecule has 2 amide bonds. The van der Waals surface area contributed by atoms with Crippen LogP contribution in [0.25, 0.3) is 0 Å². The summed E-state index contributed by atoms with van der Waals surface area (Å²) in [5.74, 6) is 3.99. The third kappa shape index (κ3) is 4.72. The van der Waals surface area contributed by atoms with Gasteiger partial charge in [-0.15, -0.1) is 0 Å². The van der Waals surface area contributed by atoms with E-state index >= 15 is 0 Å². The van der Waals surface area contributed by atoms with Crippen LogP contribution in [-0.2, 0) is 4.79 Å². The maximum atomic E-state index is 13.2. The number of carbonyl (C=O) groups is 2. The summed E-state index contributed by atoms with van der Waals surface area (Å²) < 4.78 is 5.03. The van der Waals surface area contributed by atoms with Crippen LogP contribution in [0.5, 0.6) is 0 Å². The van der Waals surface area contributed by atoms with Gasteiger partial charge in [0.1, 0.15) is 0 Å². The summed E-state index contributed by atoms with van der Waals surface area (Å²) in [5, 5.41) is 14.0. The fourth-order valence-electron chi connectivity index (χ4n) is 10.0. The number of aryl methyl sites for hydroxylation is 1. The number of nitrogens with zero attached hydrogens (tertiary/aromatic N) is 4. The highest BCUT2D eigenvalue weighted by atomic mass is 16.5. The van der Waals surface area contributed by atoms with Crippen molar-refractivity contribution in [1.29, 1.82) is 0 Å². The normalized spacial score (nSPS) is 38.2. The van der Waals surface area contributed by atoms with Gasteiger partial charge in [-0.3, -0.25) is 9.59 Å². The van der Waals surface area contributed by atoms with Crippen molar-refractivity contribution in [3.05, 3.63) is 23.4 Å². The van der Waals surface area contributed by atoms with Gasteiger partial charge in [0.15, 0.2) is 5.82 Å². The highest BCUT2D eigenvalue weighted by molar-refractivity contribution is 5.89. The summed E-state index contributed by atoms with van der Waals surface area (Å²) in [6, 6.07) is 0. The van der Waals surface area contributed by atoms with Crippen molar-refractivity contribution < 1.29 is 19.2 Å². The Morgan fingerprint density at radius 3 is 2.55 bits per heavy atom. The molecule has 1 N–H and O–H groups in total. The minimum absolute atomic E-state index is 0.0276. The van der Waals surface area contributed by atoms with E-state index in [1.165, 1.54) is 32.1 Å². The molecule has 0 aromatic carbocycles. The molecule has 4 fully saturated rings. The van der Waals surface area contributed by atoms with Crippen molar-refractivity contribution in [3.63, 3.8) is 0 Å². The minimum atomic E-state index is -0.250. The van der Waals surface area contributed by atoms with E-state index < -0.39 is 0 Å². The van der Waals surface area contributed by atoms with Gasteiger partial charge >= 0.3 is 11.8 Å². The Morgan fingerprint density at radius 1 is 1.07 bits per heavy atom. The van der Waals surface area contributed by atoms with Crippen LogP contribution in [0.3, 0.4) is 0 Å². The maximum absolute atomic E-state index is 13.2. The van der Waals surface area contributed by atoms with Crippen LogP contribution in [0.4, 0.5) is 0 Å². The molecule has 40 heavy (non-hydrogen) atoms. The first kappa shape index (κ1) is 27.9. The summed E-state index contributed by atoms with van der Waals surface area (Å²) in [5.41, 5.74) is 2.21. The number of aliphatic hydroxyl groups is 1. The predicted octanol–water partition coefficient (Wildman–Crippen LogP) is 5.02. The largest absolute Gasteiger partial charge is 0.393 e. The summed E-state index contributed by atoms with van der Waals surface area (Å²) >= 11 is 0. The number of rotatable bonds is 5. The average molecular weight is 553 g/mol. The van der Waals surface area contributed by atoms with Crippen molar-refractivity contribution in [1.82, 2.24) is 19.9 Å². The zero-order valence-electron chi connectivity index (χ0n) is 24.9. The molecule has 5 aliphatic rings. The molecule has 6 rings (SSSR count). The smallest absolute Gasteiger partial charge is 0.316 e. The van der Waals surface area contributed by atoms with E-state index in [0.29, 0.717) is 61.1 Å². The molecule has 3 saturated carbocycles. The van der Waals surface area contributed by atoms with Crippen LogP contribution in [0.2, 0.25) is 0 Å². The highest BCUT2D eigenvalue weighted by Gasteiger charge is 2.59. The fourth-order valence-corrected chi connectivity index (χ4v) is 10.0. The van der Waals surface area contributed by atoms with E-state index in [4.69, 9.17) is 4.52 Å². The number of aliphatic hydroxyl groups excluding tert-OH is 1. The second-order valence-electron chi connectivity index (χ2n) is 14.2. The highest BCUT2D eigenvalue weighted by Crippen LogP contribution is 2.67. The van der Waals surface area contributed by atoms with E-state index in [2.05, 4.69) is 37.0 Å². The molecule has 1 saturated heterocycles. The van der Waals surface area contributed by atoms with E-state index in [0.717, 1.165) is 43.4 Å². The monoisotopic (exact) mass is 552 g/mol. The molecule has 2 heterocycles. The molecule has 8 heteroatoms. The number of allylic oxidation sites excluding steroid dienone is 1. The lowest BCUT2D eigenvalue weighted by atomic mass is 9.47. The molecular formula is C32H48N4O4. The van der Waals surface area contributed by atoms with Gasteiger partial charge in [-0.25, -0.2) is 0 Å². The molecule has 220 valence electrons. The molecular weight excluding hydrogens is 504 g/mol. The van der Waals surface area contributed by atoms with Gasteiger partial charge in [-0.1, -0.05) is 37.6 Å². The lowest BCUT2D eigenvalue weighted by Gasteiger charge is -2.58. The number of piperazine rings is 1. The number of hydrogen-bond acceptors (Lipinski definition) is 6. The first-order chi connectivity index (χ1) is 19.1. The zero-order valence-corrected chi connectivity index (χ0v) is 24.9. The topological polar surface area (TPSA) is 99.8 Å². The average Bonchev–Trinajstić information content (AvgIpc) is 3.54. The second kappa shape index (κ2) is 10.6. The van der Waals surface area contributed by atoms with E-state index in [1.54, 1.807) is 17.4 Å². The van der Waals surface area contributed by atoms with Gasteiger partial charge in [0, 0.05) is 32.6 Å². The minimum Gasteiger partial charge on any atom is -0.393 e. The quantitative estimate of drug-likeness (QED) is 0.515. The summed E-state index contributed by atoms with van der Waals surface area (Å²) in [6.45, 7) is 11.3. The molecule has 8 atom stereocenters. The predicted molar refractivity (Wildman–Crippen MR) is 151 cm³/mol. The Bertz CT molecular complexity index is 1160. The number of amides is 2. The van der Waals surface area contributed by atoms with E-state index in [-0.39, 0.29) is 23.8 Å². The van der Waals surface area contributed by atoms with Crippen molar-refractivity contribution >= 4 is 11.8 Å². The van der Waals surface area contributed by atoms with Crippen LogP contribution in [0.1, 0.15) is 101 Å². The molecule has 1 unspecified atom stereocenters. The third-order valence-electron chi connectivity index (χ3n) is 12.3. The third-order valence-corrected chi connectivity index (χ3v) is 12.3. The number of aromatic nitrogens is 2. The van der Waals surface area contributed by atoms with Gasteiger partial charge in [0.2, 0.25) is 5.91 Å². The number of hydrogen-bond donors (Lipinski definition) is 1. The lowest BCUT2D eigenvalue weighted by molar-refractivity contribution is -0.133. The van der Waals surface area contributed by atoms with Crippen LogP contribution >= 0.6 is 0 Å². The SMILES string of the molecule is Cc1noc(C(=O)N2CCN(C(=O)CCC(C)[C@H]3CC[C@H]4[C@@H]5CC=C6C[C@@H](O)CC[C@]6(C)[C@H]5CC[C@]34C)CC2)n1. The second-order valence-corrected chi connectivity index (χ2v) is 14.2. The molecule has 8 nitrogen and oxygen atoms in total. The molecule has 0 spiro atoms. The molecule has 0 radical (unpaired) electrons. The number of fused-ring (bicyclic) bond motifs is 5. The Hall–Kier alpha value is -2.22. The van der Waals surface area contributed by atoms with Crippen LogP contribution < -0.4 is 0 Å². The maximum Gasteiger partial charge on any atom is 0.316 e. The van der Waals surface area contributed by atoms with Gasteiger partial charge in [0.25, 0.3) is 0 Å². The summed E-state index contributed by atoms with van der Waals surface area (Å²) in [6.07, 6.45) is 13.4. The van der Waals surface area contributed by atoms with E-state index in [9.17, 15) is 14.7 Å². The summed E-state index contributed by atoms with van der Waals surface area (Å²) in [4.78, 5) is 33.4.